The average Bonchev–Trinajstić information content (AvgIpc) is 3.22. The van der Waals surface area contributed by atoms with Crippen LogP contribution in [0.1, 0.15) is 38.3 Å². The normalized spacial score (nSPS) is 16.9. The third kappa shape index (κ3) is 2.86. The summed E-state index contributed by atoms with van der Waals surface area (Å²) in [5, 5.41) is 6.10. The van der Waals surface area contributed by atoms with Gasteiger partial charge in [-0.25, -0.2) is 0 Å². The van der Waals surface area contributed by atoms with Crippen molar-refractivity contribution in [1.82, 2.24) is 9.78 Å². The van der Waals surface area contributed by atoms with Crippen molar-refractivity contribution < 1.29 is 0 Å². The molecule has 1 atom stereocenters. The van der Waals surface area contributed by atoms with E-state index in [-0.39, 0.29) is 0 Å². The number of nitrogens with zero attached hydrogens (tertiary/aromatic N) is 2. The van der Waals surface area contributed by atoms with Crippen molar-refractivity contribution in [3.05, 3.63) is 30.0 Å². The summed E-state index contributed by atoms with van der Waals surface area (Å²) in [6.45, 7) is 3.11. The Balaban J connectivity index is 1.69. The van der Waals surface area contributed by atoms with Crippen molar-refractivity contribution in [2.45, 2.75) is 50.4 Å². The first-order valence-electron chi connectivity index (χ1n) is 7.38. The molecule has 19 heavy (non-hydrogen) atoms. The summed E-state index contributed by atoms with van der Waals surface area (Å²) in [7, 11) is 0. The predicted molar refractivity (Wildman–Crippen MR) is 83.8 cm³/mol. The molecule has 0 radical (unpaired) electrons. The van der Waals surface area contributed by atoms with Gasteiger partial charge < -0.3 is 0 Å². The summed E-state index contributed by atoms with van der Waals surface area (Å²) in [6, 6.07) is 8.59. The standard InChI is InChI=1S/C16H21BrN2/c1-2-19-16-9-4-3-6-13(16)15(18-19)8-5-7-14(17)12-10-11-12/h3-4,6,9,12,14H,2,5,7-8,10-11H2,1H3. The van der Waals surface area contributed by atoms with Crippen molar-refractivity contribution >= 4 is 26.8 Å². The zero-order valence-corrected chi connectivity index (χ0v) is 13.1. The van der Waals surface area contributed by atoms with Gasteiger partial charge in [0, 0.05) is 16.8 Å². The molecule has 1 aliphatic carbocycles. The number of alkyl halides is 1. The maximum absolute atomic E-state index is 4.77. The summed E-state index contributed by atoms with van der Waals surface area (Å²) < 4.78 is 2.12. The number of halogens is 1. The highest BCUT2D eigenvalue weighted by atomic mass is 79.9. The van der Waals surface area contributed by atoms with Crippen molar-refractivity contribution in [2.24, 2.45) is 5.92 Å². The van der Waals surface area contributed by atoms with E-state index in [1.165, 1.54) is 42.3 Å². The molecule has 102 valence electrons. The zero-order chi connectivity index (χ0) is 13.2. The Kier molecular flexibility index (Phi) is 3.92. The first-order valence-corrected chi connectivity index (χ1v) is 8.29. The van der Waals surface area contributed by atoms with Crippen LogP contribution in [0, 0.1) is 5.92 Å². The van der Waals surface area contributed by atoms with Crippen LogP contribution in [0.3, 0.4) is 0 Å². The van der Waals surface area contributed by atoms with Gasteiger partial charge in [-0.15, -0.1) is 0 Å². The van der Waals surface area contributed by atoms with Gasteiger partial charge in [-0.05, 0) is 51.0 Å². The molecule has 1 aromatic carbocycles. The van der Waals surface area contributed by atoms with Gasteiger partial charge in [0.05, 0.1) is 11.2 Å². The molecule has 3 rings (SSSR count). The summed E-state index contributed by atoms with van der Waals surface area (Å²) in [5.41, 5.74) is 2.55. The van der Waals surface area contributed by atoms with Crippen LogP contribution in [0.4, 0.5) is 0 Å². The van der Waals surface area contributed by atoms with E-state index in [0.29, 0.717) is 0 Å². The zero-order valence-electron chi connectivity index (χ0n) is 11.5. The van der Waals surface area contributed by atoms with Crippen LogP contribution in [0.25, 0.3) is 10.9 Å². The van der Waals surface area contributed by atoms with Gasteiger partial charge in [0.25, 0.3) is 0 Å². The first-order chi connectivity index (χ1) is 9.29. The number of aryl methyl sites for hydroxylation is 2. The van der Waals surface area contributed by atoms with Gasteiger partial charge in [0.15, 0.2) is 0 Å². The number of hydrogen-bond donors (Lipinski definition) is 0. The topological polar surface area (TPSA) is 17.8 Å². The number of rotatable bonds is 6. The molecule has 1 heterocycles. The lowest BCUT2D eigenvalue weighted by Crippen LogP contribution is -2.02. The smallest absolute Gasteiger partial charge is 0.0703 e. The molecule has 2 aromatic rings. The fourth-order valence-corrected chi connectivity index (χ4v) is 3.63. The summed E-state index contributed by atoms with van der Waals surface area (Å²) in [4.78, 5) is 0.729. The maximum atomic E-state index is 4.77. The van der Waals surface area contributed by atoms with Crippen molar-refractivity contribution in [1.29, 1.82) is 0 Å². The Labute approximate surface area is 123 Å². The van der Waals surface area contributed by atoms with Crippen LogP contribution in [0.5, 0.6) is 0 Å². The van der Waals surface area contributed by atoms with Crippen LogP contribution in [-0.2, 0) is 13.0 Å². The SMILES string of the molecule is CCn1nc(CCCC(Br)C2CC2)c2ccccc21. The maximum Gasteiger partial charge on any atom is 0.0703 e. The number of aromatic nitrogens is 2. The van der Waals surface area contributed by atoms with Crippen LogP contribution in [0.15, 0.2) is 24.3 Å². The highest BCUT2D eigenvalue weighted by molar-refractivity contribution is 9.09. The molecule has 1 aromatic heterocycles. The Bertz CT molecular complexity index is 557. The number of benzene rings is 1. The van der Waals surface area contributed by atoms with E-state index < -0.39 is 0 Å². The monoisotopic (exact) mass is 320 g/mol. The van der Waals surface area contributed by atoms with Crippen molar-refractivity contribution in [2.75, 3.05) is 0 Å². The minimum atomic E-state index is 0.729. The Morgan fingerprint density at radius 2 is 2.16 bits per heavy atom. The van der Waals surface area contributed by atoms with E-state index in [2.05, 4.69) is 51.8 Å². The highest BCUT2D eigenvalue weighted by Crippen LogP contribution is 2.38. The Hall–Kier alpha value is -0.830. The third-order valence-electron chi connectivity index (χ3n) is 4.06. The van der Waals surface area contributed by atoms with Crippen LogP contribution in [0.2, 0.25) is 0 Å². The van der Waals surface area contributed by atoms with Gasteiger partial charge in [-0.3, -0.25) is 4.68 Å². The summed E-state index contributed by atoms with van der Waals surface area (Å²) in [5.74, 6) is 0.949. The molecule has 0 amide bonds. The summed E-state index contributed by atoms with van der Waals surface area (Å²) in [6.07, 6.45) is 6.45. The van der Waals surface area contributed by atoms with Gasteiger partial charge in [0.1, 0.15) is 0 Å². The van der Waals surface area contributed by atoms with Gasteiger partial charge >= 0.3 is 0 Å². The fourth-order valence-electron chi connectivity index (χ4n) is 2.78. The molecule has 0 N–H and O–H groups in total. The van der Waals surface area contributed by atoms with E-state index >= 15 is 0 Å². The van der Waals surface area contributed by atoms with Gasteiger partial charge in [-0.2, -0.15) is 5.10 Å². The van der Waals surface area contributed by atoms with E-state index in [1.54, 1.807) is 0 Å². The lowest BCUT2D eigenvalue weighted by Gasteiger charge is -2.06. The minimum Gasteiger partial charge on any atom is -0.265 e. The fraction of sp³-hybridized carbons (Fsp3) is 0.562. The molecule has 1 fully saturated rings. The van der Waals surface area contributed by atoms with E-state index in [0.717, 1.165) is 23.7 Å². The van der Waals surface area contributed by atoms with E-state index in [4.69, 9.17) is 5.10 Å². The van der Waals surface area contributed by atoms with Crippen molar-refractivity contribution in [3.8, 4) is 0 Å². The molecule has 3 heteroatoms. The molecule has 0 saturated heterocycles. The highest BCUT2D eigenvalue weighted by Gasteiger charge is 2.28. The van der Waals surface area contributed by atoms with E-state index in [1.807, 2.05) is 0 Å². The second kappa shape index (κ2) is 5.66. The van der Waals surface area contributed by atoms with E-state index in [9.17, 15) is 0 Å². The number of para-hydroxylation sites is 1. The molecule has 0 spiro atoms. The quantitative estimate of drug-likeness (QED) is 0.714. The molecule has 2 nitrogen and oxygen atoms in total. The largest absolute Gasteiger partial charge is 0.265 e. The number of hydrogen-bond acceptors (Lipinski definition) is 1. The Morgan fingerprint density at radius 1 is 1.37 bits per heavy atom. The lowest BCUT2D eigenvalue weighted by molar-refractivity contribution is 0.628. The first kappa shape index (κ1) is 13.2. The molecule has 1 unspecified atom stereocenters. The van der Waals surface area contributed by atoms with Crippen LogP contribution in [-0.4, -0.2) is 14.6 Å². The van der Waals surface area contributed by atoms with Crippen LogP contribution >= 0.6 is 15.9 Å². The molecule has 0 bridgehead atoms. The molecule has 1 aliphatic rings. The molecule has 0 aliphatic heterocycles. The number of fused-ring (bicyclic) bond motifs is 1. The van der Waals surface area contributed by atoms with Gasteiger partial charge in [0.2, 0.25) is 0 Å². The Morgan fingerprint density at radius 3 is 2.89 bits per heavy atom. The lowest BCUT2D eigenvalue weighted by atomic mass is 10.1. The second-order valence-electron chi connectivity index (χ2n) is 5.53. The predicted octanol–water partition coefficient (Wildman–Crippen LogP) is 4.55. The minimum absolute atomic E-state index is 0.729. The third-order valence-corrected chi connectivity index (χ3v) is 5.27. The molecular weight excluding hydrogens is 300 g/mol. The van der Waals surface area contributed by atoms with Crippen molar-refractivity contribution in [3.63, 3.8) is 0 Å². The molecular formula is C16H21BrN2. The molecule has 1 saturated carbocycles. The summed E-state index contributed by atoms with van der Waals surface area (Å²) >= 11 is 3.82. The van der Waals surface area contributed by atoms with Crippen LogP contribution < -0.4 is 0 Å². The second-order valence-corrected chi connectivity index (χ2v) is 6.70. The average molecular weight is 321 g/mol. The van der Waals surface area contributed by atoms with Gasteiger partial charge in [-0.1, -0.05) is 34.1 Å².